The van der Waals surface area contributed by atoms with Crippen LogP contribution in [0.15, 0.2) is 24.4 Å². The Labute approximate surface area is 145 Å². The van der Waals surface area contributed by atoms with E-state index in [9.17, 15) is 4.79 Å². The molecule has 1 amide bonds. The summed E-state index contributed by atoms with van der Waals surface area (Å²) in [5.41, 5.74) is 2.60. The van der Waals surface area contributed by atoms with Crippen LogP contribution < -0.4 is 10.2 Å². The molecule has 126 valence electrons. The minimum atomic E-state index is -0.260. The Morgan fingerprint density at radius 2 is 1.96 bits per heavy atom. The molecule has 3 heterocycles. The summed E-state index contributed by atoms with van der Waals surface area (Å²) >= 11 is 6.10. The predicted octanol–water partition coefficient (Wildman–Crippen LogP) is 2.84. The molecule has 2 aromatic rings. The molecule has 1 aliphatic rings. The Balaban J connectivity index is 1.81. The van der Waals surface area contributed by atoms with Crippen molar-refractivity contribution in [1.29, 1.82) is 0 Å². The maximum atomic E-state index is 12.5. The van der Waals surface area contributed by atoms with Gasteiger partial charge in [0, 0.05) is 24.8 Å². The molecule has 1 N–H and O–H groups in total. The minimum Gasteiger partial charge on any atom is -0.378 e. The number of nitrogens with one attached hydrogen (secondary N) is 1. The van der Waals surface area contributed by atoms with Gasteiger partial charge in [0.2, 0.25) is 0 Å². The number of amides is 1. The monoisotopic (exact) mass is 346 g/mol. The number of hydrogen-bond donors (Lipinski definition) is 1. The van der Waals surface area contributed by atoms with Crippen LogP contribution in [0.1, 0.15) is 21.5 Å². The number of carbonyl (C=O) groups is 1. The van der Waals surface area contributed by atoms with Crippen LogP contribution in [-0.2, 0) is 4.74 Å². The van der Waals surface area contributed by atoms with Gasteiger partial charge in [-0.05, 0) is 43.2 Å². The summed E-state index contributed by atoms with van der Waals surface area (Å²) in [4.78, 5) is 23.1. The molecule has 6 nitrogen and oxygen atoms in total. The number of ether oxygens (including phenoxy) is 1. The number of anilines is 2. The van der Waals surface area contributed by atoms with Gasteiger partial charge in [-0.25, -0.2) is 9.97 Å². The third-order valence-corrected chi connectivity index (χ3v) is 4.19. The van der Waals surface area contributed by atoms with Crippen LogP contribution in [0.2, 0.25) is 5.15 Å². The first-order valence-corrected chi connectivity index (χ1v) is 8.15. The summed E-state index contributed by atoms with van der Waals surface area (Å²) < 4.78 is 5.34. The van der Waals surface area contributed by atoms with E-state index < -0.39 is 0 Å². The zero-order chi connectivity index (χ0) is 17.1. The minimum absolute atomic E-state index is 0.260. The van der Waals surface area contributed by atoms with Crippen LogP contribution in [0.3, 0.4) is 0 Å². The van der Waals surface area contributed by atoms with Crippen molar-refractivity contribution < 1.29 is 9.53 Å². The highest BCUT2D eigenvalue weighted by atomic mass is 35.5. The fourth-order valence-electron chi connectivity index (χ4n) is 2.45. The van der Waals surface area contributed by atoms with Gasteiger partial charge in [0.15, 0.2) is 0 Å². The number of halogens is 1. The SMILES string of the molecule is Cc1cnc(NC(=O)c2cc(Cl)nc(N3CCOCC3)c2)cc1C. The lowest BCUT2D eigenvalue weighted by Crippen LogP contribution is -2.36. The zero-order valence-corrected chi connectivity index (χ0v) is 14.4. The normalized spacial score (nSPS) is 14.5. The predicted molar refractivity (Wildman–Crippen MR) is 93.9 cm³/mol. The van der Waals surface area contributed by atoms with Crippen molar-refractivity contribution in [2.24, 2.45) is 0 Å². The first-order chi connectivity index (χ1) is 11.5. The van der Waals surface area contributed by atoms with E-state index in [1.807, 2.05) is 19.9 Å². The van der Waals surface area contributed by atoms with E-state index in [0.29, 0.717) is 30.4 Å². The standard InChI is InChI=1S/C17H19ClN4O2/c1-11-7-15(19-10-12(11)2)21-17(23)13-8-14(18)20-16(9-13)22-3-5-24-6-4-22/h7-10H,3-6H2,1-2H3,(H,19,21,23). The molecule has 0 aliphatic carbocycles. The average Bonchev–Trinajstić information content (AvgIpc) is 2.58. The van der Waals surface area contributed by atoms with Gasteiger partial charge in [-0.2, -0.15) is 0 Å². The lowest BCUT2D eigenvalue weighted by Gasteiger charge is -2.28. The summed E-state index contributed by atoms with van der Waals surface area (Å²) in [5, 5.41) is 3.09. The fraction of sp³-hybridized carbons (Fsp3) is 0.353. The van der Waals surface area contributed by atoms with Gasteiger partial charge in [-0.15, -0.1) is 0 Å². The summed E-state index contributed by atoms with van der Waals surface area (Å²) in [6.07, 6.45) is 1.74. The number of aromatic nitrogens is 2. The third kappa shape index (κ3) is 3.83. The largest absolute Gasteiger partial charge is 0.378 e. The molecule has 24 heavy (non-hydrogen) atoms. The second-order valence-corrected chi connectivity index (χ2v) is 6.13. The van der Waals surface area contributed by atoms with E-state index in [0.717, 1.165) is 24.2 Å². The lowest BCUT2D eigenvalue weighted by molar-refractivity contribution is 0.102. The van der Waals surface area contributed by atoms with E-state index in [4.69, 9.17) is 16.3 Å². The van der Waals surface area contributed by atoms with Crippen molar-refractivity contribution in [2.45, 2.75) is 13.8 Å². The molecule has 0 bridgehead atoms. The van der Waals surface area contributed by atoms with E-state index in [-0.39, 0.29) is 11.1 Å². The first-order valence-electron chi connectivity index (χ1n) is 7.78. The molecule has 1 fully saturated rings. The molecule has 0 spiro atoms. The number of carbonyl (C=O) groups excluding carboxylic acids is 1. The van der Waals surface area contributed by atoms with Crippen molar-refractivity contribution in [3.63, 3.8) is 0 Å². The highest BCUT2D eigenvalue weighted by Crippen LogP contribution is 2.20. The molecule has 0 unspecified atom stereocenters. The van der Waals surface area contributed by atoms with Gasteiger partial charge in [-0.1, -0.05) is 11.6 Å². The maximum absolute atomic E-state index is 12.5. The fourth-order valence-corrected chi connectivity index (χ4v) is 2.65. The van der Waals surface area contributed by atoms with Gasteiger partial charge < -0.3 is 15.0 Å². The van der Waals surface area contributed by atoms with Crippen molar-refractivity contribution >= 4 is 29.1 Å². The number of aryl methyl sites for hydroxylation is 2. The number of rotatable bonds is 3. The molecule has 1 saturated heterocycles. The summed E-state index contributed by atoms with van der Waals surface area (Å²) in [6, 6.07) is 5.15. The van der Waals surface area contributed by atoms with Crippen molar-refractivity contribution in [2.75, 3.05) is 36.5 Å². The van der Waals surface area contributed by atoms with Gasteiger partial charge in [-0.3, -0.25) is 4.79 Å². The van der Waals surface area contributed by atoms with Crippen LogP contribution in [0, 0.1) is 13.8 Å². The van der Waals surface area contributed by atoms with Crippen molar-refractivity contribution in [3.8, 4) is 0 Å². The van der Waals surface area contributed by atoms with Crippen LogP contribution in [0.5, 0.6) is 0 Å². The number of nitrogens with zero attached hydrogens (tertiary/aromatic N) is 3. The van der Waals surface area contributed by atoms with Crippen molar-refractivity contribution in [3.05, 3.63) is 46.2 Å². The molecule has 1 aliphatic heterocycles. The van der Waals surface area contributed by atoms with Gasteiger partial charge in [0.1, 0.15) is 16.8 Å². The molecule has 0 radical (unpaired) electrons. The van der Waals surface area contributed by atoms with Crippen LogP contribution in [-0.4, -0.2) is 42.2 Å². The number of pyridine rings is 2. The van der Waals surface area contributed by atoms with E-state index in [1.54, 1.807) is 18.3 Å². The van der Waals surface area contributed by atoms with Crippen LogP contribution in [0.4, 0.5) is 11.6 Å². The summed E-state index contributed by atoms with van der Waals surface area (Å²) in [7, 11) is 0. The number of hydrogen-bond acceptors (Lipinski definition) is 5. The summed E-state index contributed by atoms with van der Waals surface area (Å²) in [5.74, 6) is 0.942. The Morgan fingerprint density at radius 1 is 1.21 bits per heavy atom. The lowest BCUT2D eigenvalue weighted by atomic mass is 10.2. The first kappa shape index (κ1) is 16.7. The molecule has 3 rings (SSSR count). The van der Waals surface area contributed by atoms with Gasteiger partial charge in [0.05, 0.1) is 13.2 Å². The van der Waals surface area contributed by atoms with E-state index in [2.05, 4.69) is 20.2 Å². The Morgan fingerprint density at radius 3 is 2.67 bits per heavy atom. The van der Waals surface area contributed by atoms with Gasteiger partial charge >= 0.3 is 0 Å². The summed E-state index contributed by atoms with van der Waals surface area (Å²) in [6.45, 7) is 6.70. The highest BCUT2D eigenvalue weighted by molar-refractivity contribution is 6.30. The van der Waals surface area contributed by atoms with Gasteiger partial charge in [0.25, 0.3) is 5.91 Å². The smallest absolute Gasteiger partial charge is 0.257 e. The van der Waals surface area contributed by atoms with E-state index >= 15 is 0 Å². The molecular formula is C17H19ClN4O2. The van der Waals surface area contributed by atoms with Crippen LogP contribution >= 0.6 is 11.6 Å². The molecule has 0 aromatic carbocycles. The Kier molecular flexibility index (Phi) is 4.97. The topological polar surface area (TPSA) is 67.4 Å². The van der Waals surface area contributed by atoms with Crippen molar-refractivity contribution in [1.82, 2.24) is 9.97 Å². The quantitative estimate of drug-likeness (QED) is 0.865. The highest BCUT2D eigenvalue weighted by Gasteiger charge is 2.16. The second-order valence-electron chi connectivity index (χ2n) is 5.74. The third-order valence-electron chi connectivity index (χ3n) is 3.99. The molecule has 0 atom stereocenters. The zero-order valence-electron chi connectivity index (χ0n) is 13.7. The maximum Gasteiger partial charge on any atom is 0.257 e. The molecular weight excluding hydrogens is 328 g/mol. The van der Waals surface area contributed by atoms with E-state index in [1.165, 1.54) is 0 Å². The Hall–Kier alpha value is -2.18. The number of morpholine rings is 1. The second kappa shape index (κ2) is 7.15. The Bertz CT molecular complexity index is 760. The molecule has 7 heteroatoms. The van der Waals surface area contributed by atoms with Crippen LogP contribution in [0.25, 0.3) is 0 Å². The molecule has 2 aromatic heterocycles. The molecule has 0 saturated carbocycles. The average molecular weight is 347 g/mol.